The van der Waals surface area contributed by atoms with E-state index in [2.05, 4.69) is 13.8 Å². The van der Waals surface area contributed by atoms with Gasteiger partial charge in [0.05, 0.1) is 5.92 Å². The zero-order valence-corrected chi connectivity index (χ0v) is 13.1. The molecule has 0 spiro atoms. The van der Waals surface area contributed by atoms with Crippen LogP contribution in [-0.2, 0) is 14.3 Å². The summed E-state index contributed by atoms with van der Waals surface area (Å²) in [5, 5.41) is 0. The molecule has 3 heteroatoms. The first-order chi connectivity index (χ1) is 9.17. The lowest BCUT2D eigenvalue weighted by Gasteiger charge is -2.16. The van der Waals surface area contributed by atoms with Gasteiger partial charge in [-0.3, -0.25) is 4.79 Å². The van der Waals surface area contributed by atoms with Crippen LogP contribution in [0.25, 0.3) is 0 Å². The highest BCUT2D eigenvalue weighted by atomic mass is 16.7. The molecule has 0 heterocycles. The second-order valence-corrected chi connectivity index (χ2v) is 5.75. The van der Waals surface area contributed by atoms with Crippen LogP contribution in [0.3, 0.4) is 0 Å². The fourth-order valence-electron chi connectivity index (χ4n) is 4.02. The first kappa shape index (κ1) is 16.5. The predicted octanol–water partition coefficient (Wildman–Crippen LogP) is 3.87. The normalized spacial score (nSPS) is 36.4. The van der Waals surface area contributed by atoms with Crippen molar-refractivity contribution in [3.8, 4) is 0 Å². The molecule has 5 atom stereocenters. The third kappa shape index (κ3) is 3.71. The smallest absolute Gasteiger partial charge is 0.311 e. The van der Waals surface area contributed by atoms with E-state index >= 15 is 0 Å². The lowest BCUT2D eigenvalue weighted by molar-refractivity contribution is -0.159. The Hall–Kier alpha value is -0.570. The van der Waals surface area contributed by atoms with E-state index in [-0.39, 0.29) is 18.7 Å². The predicted molar refractivity (Wildman–Crippen MR) is 76.6 cm³/mol. The maximum absolute atomic E-state index is 11.8. The molecule has 2 aliphatic carbocycles. The lowest BCUT2D eigenvalue weighted by atomic mass is 9.89. The number of ether oxygens (including phenoxy) is 2. The summed E-state index contributed by atoms with van der Waals surface area (Å²) in [4.78, 5) is 11.8. The average Bonchev–Trinajstić information content (AvgIpc) is 2.99. The maximum atomic E-state index is 11.8. The molecular formula is C16H30O3. The van der Waals surface area contributed by atoms with Gasteiger partial charge in [0.2, 0.25) is 0 Å². The second-order valence-electron chi connectivity index (χ2n) is 5.75. The zero-order chi connectivity index (χ0) is 14.4. The van der Waals surface area contributed by atoms with E-state index in [4.69, 9.17) is 9.47 Å². The van der Waals surface area contributed by atoms with Gasteiger partial charge in [0.1, 0.15) is 0 Å². The van der Waals surface area contributed by atoms with E-state index in [1.165, 1.54) is 12.8 Å². The Bertz CT molecular complexity index is 277. The number of esters is 1. The van der Waals surface area contributed by atoms with Crippen molar-refractivity contribution in [1.82, 2.24) is 0 Å². The highest BCUT2D eigenvalue weighted by molar-refractivity contribution is 5.72. The van der Waals surface area contributed by atoms with Gasteiger partial charge < -0.3 is 9.47 Å². The first-order valence-electron chi connectivity index (χ1n) is 7.82. The highest BCUT2D eigenvalue weighted by Gasteiger charge is 2.48. The summed E-state index contributed by atoms with van der Waals surface area (Å²) < 4.78 is 9.87. The van der Waals surface area contributed by atoms with E-state index in [0.717, 1.165) is 36.5 Å². The summed E-state index contributed by atoms with van der Waals surface area (Å²) in [6.45, 7) is 8.71. The molecule has 0 aromatic carbocycles. The van der Waals surface area contributed by atoms with Gasteiger partial charge in [-0.25, -0.2) is 0 Å². The van der Waals surface area contributed by atoms with Gasteiger partial charge in [0.15, 0.2) is 6.79 Å². The topological polar surface area (TPSA) is 35.5 Å². The van der Waals surface area contributed by atoms with Crippen LogP contribution in [0.15, 0.2) is 0 Å². The van der Waals surface area contributed by atoms with Crippen LogP contribution in [-0.4, -0.2) is 19.9 Å². The van der Waals surface area contributed by atoms with Crippen molar-refractivity contribution in [3.05, 3.63) is 0 Å². The van der Waals surface area contributed by atoms with Crippen molar-refractivity contribution in [2.75, 3.05) is 13.9 Å². The molecule has 2 saturated carbocycles. The molecule has 2 aliphatic rings. The van der Waals surface area contributed by atoms with Crippen molar-refractivity contribution in [3.63, 3.8) is 0 Å². The van der Waals surface area contributed by atoms with Crippen molar-refractivity contribution >= 4 is 5.97 Å². The SMILES string of the molecule is CC.CCC1CC(C)C2CC(C(=O)OCOC)CC12. The van der Waals surface area contributed by atoms with Gasteiger partial charge in [0.25, 0.3) is 0 Å². The monoisotopic (exact) mass is 270 g/mol. The van der Waals surface area contributed by atoms with Crippen molar-refractivity contribution in [1.29, 1.82) is 0 Å². The Morgan fingerprint density at radius 3 is 2.37 bits per heavy atom. The van der Waals surface area contributed by atoms with E-state index in [1.807, 2.05) is 13.8 Å². The van der Waals surface area contributed by atoms with Crippen LogP contribution in [0.4, 0.5) is 0 Å². The third-order valence-electron chi connectivity index (χ3n) is 4.85. The summed E-state index contributed by atoms with van der Waals surface area (Å²) in [5.41, 5.74) is 0. The Morgan fingerprint density at radius 1 is 1.16 bits per heavy atom. The van der Waals surface area contributed by atoms with E-state index < -0.39 is 0 Å². The lowest BCUT2D eigenvalue weighted by Crippen LogP contribution is -2.18. The van der Waals surface area contributed by atoms with Crippen LogP contribution < -0.4 is 0 Å². The molecular weight excluding hydrogens is 240 g/mol. The summed E-state index contributed by atoms with van der Waals surface area (Å²) in [6.07, 6.45) is 4.68. The summed E-state index contributed by atoms with van der Waals surface area (Å²) in [6, 6.07) is 0. The number of fused-ring (bicyclic) bond motifs is 1. The summed E-state index contributed by atoms with van der Waals surface area (Å²) >= 11 is 0. The van der Waals surface area contributed by atoms with Crippen LogP contribution in [0, 0.1) is 29.6 Å². The number of hydrogen-bond acceptors (Lipinski definition) is 3. The molecule has 0 bridgehead atoms. The minimum atomic E-state index is -0.0525. The van der Waals surface area contributed by atoms with E-state index in [1.54, 1.807) is 7.11 Å². The Balaban J connectivity index is 0.000000861. The molecule has 0 saturated heterocycles. The third-order valence-corrected chi connectivity index (χ3v) is 4.85. The van der Waals surface area contributed by atoms with Gasteiger partial charge in [0, 0.05) is 7.11 Å². The molecule has 0 aromatic rings. The van der Waals surface area contributed by atoms with Crippen molar-refractivity contribution < 1.29 is 14.3 Å². The molecule has 2 rings (SSSR count). The quantitative estimate of drug-likeness (QED) is 0.574. The largest absolute Gasteiger partial charge is 0.438 e. The van der Waals surface area contributed by atoms with Crippen LogP contribution in [0.2, 0.25) is 0 Å². The molecule has 0 aliphatic heterocycles. The number of carbonyl (C=O) groups excluding carboxylic acids is 1. The van der Waals surface area contributed by atoms with Gasteiger partial charge in [-0.2, -0.15) is 0 Å². The maximum Gasteiger partial charge on any atom is 0.311 e. The first-order valence-corrected chi connectivity index (χ1v) is 7.82. The van der Waals surface area contributed by atoms with Crippen LogP contribution >= 0.6 is 0 Å². The molecule has 3 nitrogen and oxygen atoms in total. The zero-order valence-electron chi connectivity index (χ0n) is 13.1. The Labute approximate surface area is 118 Å². The standard InChI is InChI=1S/C14H24O3.C2H6/c1-4-10-5-9(2)12-6-11(7-13(10)12)14(15)17-8-16-3;1-2/h9-13H,4-8H2,1-3H3;1-2H3. The molecule has 0 radical (unpaired) electrons. The van der Waals surface area contributed by atoms with Gasteiger partial charge in [-0.05, 0) is 42.9 Å². The average molecular weight is 270 g/mol. The molecule has 0 N–H and O–H groups in total. The van der Waals surface area contributed by atoms with Gasteiger partial charge >= 0.3 is 5.97 Å². The van der Waals surface area contributed by atoms with Crippen molar-refractivity contribution in [2.24, 2.45) is 29.6 Å². The molecule has 0 aromatic heterocycles. The molecule has 0 amide bonds. The Morgan fingerprint density at radius 2 is 1.79 bits per heavy atom. The van der Waals surface area contributed by atoms with Crippen LogP contribution in [0.1, 0.15) is 53.4 Å². The minimum Gasteiger partial charge on any atom is -0.438 e. The Kier molecular flexibility index (Phi) is 6.84. The molecule has 5 unspecified atom stereocenters. The highest BCUT2D eigenvalue weighted by Crippen LogP contribution is 2.53. The number of hydrogen-bond donors (Lipinski definition) is 0. The summed E-state index contributed by atoms with van der Waals surface area (Å²) in [7, 11) is 1.55. The van der Waals surface area contributed by atoms with Gasteiger partial charge in [-0.1, -0.05) is 34.1 Å². The molecule has 19 heavy (non-hydrogen) atoms. The summed E-state index contributed by atoms with van der Waals surface area (Å²) in [5.74, 6) is 3.19. The number of rotatable bonds is 4. The van der Waals surface area contributed by atoms with Gasteiger partial charge in [-0.15, -0.1) is 0 Å². The van der Waals surface area contributed by atoms with Crippen LogP contribution in [0.5, 0.6) is 0 Å². The fourth-order valence-corrected chi connectivity index (χ4v) is 4.02. The second kappa shape index (κ2) is 7.88. The minimum absolute atomic E-state index is 0.0525. The number of methoxy groups -OCH3 is 1. The number of carbonyl (C=O) groups is 1. The van der Waals surface area contributed by atoms with E-state index in [0.29, 0.717) is 0 Å². The van der Waals surface area contributed by atoms with E-state index in [9.17, 15) is 4.79 Å². The van der Waals surface area contributed by atoms with Crippen molar-refractivity contribution in [2.45, 2.75) is 53.4 Å². The fraction of sp³-hybridized carbons (Fsp3) is 0.938. The molecule has 2 fully saturated rings. The molecule has 112 valence electrons.